The van der Waals surface area contributed by atoms with Gasteiger partial charge in [0.1, 0.15) is 10.8 Å². The number of benzene rings is 1. The Bertz CT molecular complexity index is 1340. The van der Waals surface area contributed by atoms with Gasteiger partial charge >= 0.3 is 5.97 Å². The minimum absolute atomic E-state index is 0.0212. The molecule has 5 rings (SSSR count). The van der Waals surface area contributed by atoms with E-state index in [9.17, 15) is 9.59 Å². The largest absolute Gasteiger partial charge is 0.481 e. The van der Waals surface area contributed by atoms with E-state index < -0.39 is 5.97 Å². The van der Waals surface area contributed by atoms with Crippen molar-refractivity contribution in [3.63, 3.8) is 0 Å². The summed E-state index contributed by atoms with van der Waals surface area (Å²) in [5.41, 5.74) is 6.55. The predicted octanol–water partition coefficient (Wildman–Crippen LogP) is 2.80. The van der Waals surface area contributed by atoms with Crippen molar-refractivity contribution >= 4 is 46.1 Å². The van der Waals surface area contributed by atoms with Crippen molar-refractivity contribution in [3.05, 3.63) is 46.2 Å². The van der Waals surface area contributed by atoms with E-state index in [1.54, 1.807) is 24.5 Å². The third-order valence-electron chi connectivity index (χ3n) is 7.22. The molecule has 1 spiro atoms. The second-order valence-electron chi connectivity index (χ2n) is 9.36. The molecule has 0 bridgehead atoms. The number of piperidine rings is 1. The molecule has 10 nitrogen and oxygen atoms in total. The lowest BCUT2D eigenvalue weighted by Gasteiger charge is -2.41. The number of fused-ring (bicyclic) bond motifs is 1. The summed E-state index contributed by atoms with van der Waals surface area (Å²) in [7, 11) is 0. The molecule has 1 aromatic carbocycles. The van der Waals surface area contributed by atoms with Crippen molar-refractivity contribution in [2.75, 3.05) is 24.6 Å². The van der Waals surface area contributed by atoms with Gasteiger partial charge in [-0.2, -0.15) is 0 Å². The van der Waals surface area contributed by atoms with Crippen molar-refractivity contribution < 1.29 is 14.6 Å². The third kappa shape index (κ3) is 4.68. The summed E-state index contributed by atoms with van der Waals surface area (Å²) in [6.07, 6.45) is 6.63. The Balaban J connectivity index is 1.30. The van der Waals surface area contributed by atoms with Crippen molar-refractivity contribution in [3.8, 4) is 0 Å². The highest BCUT2D eigenvalue weighted by molar-refractivity contribution is 7.99. The number of aliphatic carboxylic acids is 1. The molecule has 2 saturated heterocycles. The maximum absolute atomic E-state index is 12.9. The number of aromatic nitrogens is 4. The highest BCUT2D eigenvalue weighted by Crippen LogP contribution is 2.42. The first-order valence-corrected chi connectivity index (χ1v) is 13.0. The van der Waals surface area contributed by atoms with Crippen LogP contribution >= 0.6 is 23.4 Å². The zero-order valence-corrected chi connectivity index (χ0v) is 21.3. The Kier molecular flexibility index (Phi) is 6.90. The number of nitrogens with two attached hydrogens (primary N) is 1. The molecule has 36 heavy (non-hydrogen) atoms. The van der Waals surface area contributed by atoms with E-state index in [-0.39, 0.29) is 46.5 Å². The van der Waals surface area contributed by atoms with Crippen molar-refractivity contribution in [1.82, 2.24) is 19.5 Å². The van der Waals surface area contributed by atoms with Gasteiger partial charge in [0.25, 0.3) is 5.56 Å². The Labute approximate surface area is 216 Å². The lowest BCUT2D eigenvalue weighted by molar-refractivity contribution is -0.137. The smallest absolute Gasteiger partial charge is 0.305 e. The van der Waals surface area contributed by atoms with Crippen LogP contribution in [0.1, 0.15) is 26.2 Å². The lowest BCUT2D eigenvalue weighted by Crippen LogP contribution is -2.50. The molecule has 2 aromatic heterocycles. The first kappa shape index (κ1) is 24.9. The van der Waals surface area contributed by atoms with Gasteiger partial charge < -0.3 is 20.5 Å². The van der Waals surface area contributed by atoms with Gasteiger partial charge in [-0.25, -0.2) is 15.0 Å². The molecule has 190 valence electrons. The number of carbonyl (C=O) groups is 1. The van der Waals surface area contributed by atoms with Crippen LogP contribution in [0.25, 0.3) is 10.9 Å². The summed E-state index contributed by atoms with van der Waals surface area (Å²) in [5, 5.41) is 10.1. The van der Waals surface area contributed by atoms with Crippen LogP contribution in [0.15, 0.2) is 45.6 Å². The number of hydrogen-bond acceptors (Lipinski definition) is 9. The van der Waals surface area contributed by atoms with Crippen LogP contribution in [0.3, 0.4) is 0 Å². The van der Waals surface area contributed by atoms with Gasteiger partial charge in [0.15, 0.2) is 0 Å². The molecule has 3 N–H and O–H groups in total. The number of carboxylic acids is 1. The molecule has 2 fully saturated rings. The molecular formula is C24H27ClN6O4S. The van der Waals surface area contributed by atoms with E-state index in [2.05, 4.69) is 19.9 Å². The number of carboxylic acid groups (broad SMARTS) is 1. The molecule has 2 aliphatic heterocycles. The standard InChI is InChI=1S/C24H27ClN6O4S/c1-14-22(26)24(12-35-14)5-8-30(9-6-24)17-10-28-18(11-27-17)36-16-3-2-15-20(21(16)25)23(34)31(13-29-15)7-4-19(32)33/h2-3,10-11,13-14,22H,4-9,12,26H2,1H3,(H,32,33)/t14-,22+/m0/s1. The maximum atomic E-state index is 12.9. The van der Waals surface area contributed by atoms with Crippen LogP contribution in [-0.4, -0.2) is 62.4 Å². The van der Waals surface area contributed by atoms with Crippen molar-refractivity contribution in [2.45, 2.75) is 54.8 Å². The molecule has 0 unspecified atom stereocenters. The number of halogens is 1. The fourth-order valence-corrected chi connectivity index (χ4v) is 6.05. The first-order chi connectivity index (χ1) is 17.3. The third-order valence-corrected chi connectivity index (χ3v) is 8.71. The molecule has 0 saturated carbocycles. The maximum Gasteiger partial charge on any atom is 0.305 e. The van der Waals surface area contributed by atoms with Gasteiger partial charge in [-0.1, -0.05) is 23.4 Å². The van der Waals surface area contributed by atoms with Crippen LogP contribution in [0.2, 0.25) is 5.02 Å². The summed E-state index contributed by atoms with van der Waals surface area (Å²) in [6.45, 7) is 4.48. The van der Waals surface area contributed by atoms with E-state index in [4.69, 9.17) is 27.2 Å². The quantitative estimate of drug-likeness (QED) is 0.489. The second-order valence-corrected chi connectivity index (χ2v) is 10.8. The summed E-state index contributed by atoms with van der Waals surface area (Å²) in [4.78, 5) is 40.1. The second kappa shape index (κ2) is 9.97. The van der Waals surface area contributed by atoms with Gasteiger partial charge in [0.2, 0.25) is 0 Å². The highest BCUT2D eigenvalue weighted by Gasteiger charge is 2.47. The number of rotatable bonds is 6. The van der Waals surface area contributed by atoms with Gasteiger partial charge in [-0.3, -0.25) is 14.2 Å². The Morgan fingerprint density at radius 2 is 2.06 bits per heavy atom. The summed E-state index contributed by atoms with van der Waals surface area (Å²) in [6, 6.07) is 3.57. The molecule has 2 aliphatic rings. The SMILES string of the molecule is C[C@@H]1OCC2(CCN(c3cnc(Sc4ccc5ncn(CCC(=O)O)c(=O)c5c4Cl)cn3)CC2)[C@@H]1N. The Hall–Kier alpha value is -2.73. The summed E-state index contributed by atoms with van der Waals surface area (Å²) >= 11 is 7.90. The zero-order chi connectivity index (χ0) is 25.4. The summed E-state index contributed by atoms with van der Waals surface area (Å²) < 4.78 is 7.07. The average Bonchev–Trinajstić information content (AvgIpc) is 3.14. The molecular weight excluding hydrogens is 504 g/mol. The van der Waals surface area contributed by atoms with E-state index in [0.29, 0.717) is 15.4 Å². The van der Waals surface area contributed by atoms with Gasteiger partial charge in [0, 0.05) is 36.0 Å². The number of ether oxygens (including phenoxy) is 1. The molecule has 0 radical (unpaired) electrons. The van der Waals surface area contributed by atoms with E-state index >= 15 is 0 Å². The number of hydrogen-bond donors (Lipinski definition) is 2. The molecule has 3 aromatic rings. The summed E-state index contributed by atoms with van der Waals surface area (Å²) in [5.74, 6) is -0.181. The average molecular weight is 531 g/mol. The molecule has 12 heteroatoms. The van der Waals surface area contributed by atoms with Crippen LogP contribution in [0.5, 0.6) is 0 Å². The fourth-order valence-electron chi connectivity index (χ4n) is 4.93. The van der Waals surface area contributed by atoms with Crippen LogP contribution in [-0.2, 0) is 16.1 Å². The molecule has 0 aliphatic carbocycles. The molecule has 2 atom stereocenters. The topological polar surface area (TPSA) is 136 Å². The molecule has 0 amide bonds. The molecule has 4 heterocycles. The van der Waals surface area contributed by atoms with Crippen LogP contribution < -0.4 is 16.2 Å². The normalized spacial score (nSPS) is 21.4. The van der Waals surface area contributed by atoms with E-state index in [1.165, 1.54) is 22.7 Å². The predicted molar refractivity (Wildman–Crippen MR) is 137 cm³/mol. The van der Waals surface area contributed by atoms with E-state index in [1.807, 2.05) is 6.92 Å². The Morgan fingerprint density at radius 1 is 1.28 bits per heavy atom. The zero-order valence-electron chi connectivity index (χ0n) is 19.8. The number of aryl methyl sites for hydroxylation is 1. The monoisotopic (exact) mass is 530 g/mol. The van der Waals surface area contributed by atoms with E-state index in [0.717, 1.165) is 38.4 Å². The van der Waals surface area contributed by atoms with Crippen molar-refractivity contribution in [1.29, 1.82) is 0 Å². The minimum Gasteiger partial charge on any atom is -0.481 e. The van der Waals surface area contributed by atoms with Crippen molar-refractivity contribution in [2.24, 2.45) is 11.1 Å². The highest BCUT2D eigenvalue weighted by atomic mass is 35.5. The Morgan fingerprint density at radius 3 is 2.69 bits per heavy atom. The number of anilines is 1. The van der Waals surface area contributed by atoms with Gasteiger partial charge in [-0.15, -0.1) is 0 Å². The van der Waals surface area contributed by atoms with Gasteiger partial charge in [0.05, 0.1) is 53.8 Å². The minimum atomic E-state index is -0.991. The van der Waals surface area contributed by atoms with Crippen LogP contribution in [0, 0.1) is 5.41 Å². The fraction of sp³-hybridized carbons (Fsp3) is 0.458. The first-order valence-electron chi connectivity index (χ1n) is 11.8. The van der Waals surface area contributed by atoms with Crippen LogP contribution in [0.4, 0.5) is 5.82 Å². The lowest BCUT2D eigenvalue weighted by atomic mass is 9.73. The van der Waals surface area contributed by atoms with Gasteiger partial charge in [-0.05, 0) is 31.9 Å². The number of nitrogens with zero attached hydrogens (tertiary/aromatic N) is 5.